The van der Waals surface area contributed by atoms with Gasteiger partial charge in [-0.1, -0.05) is 19.0 Å². The first-order chi connectivity index (χ1) is 18.1. The standard InChI is InChI=1S/C27H27N7O4/c1-15-7-23(31-38-15)30-20-8-17(12-32(4)25(20)36)18-5-6-28-24(19(18)13-35)34-26(37)21-9-16-10-27(2,3)11-22(16)33(21)14-29-34/h5-9,12,14,35H,10-11,13H2,1-4H3,(H,30,31). The van der Waals surface area contributed by atoms with Crippen LogP contribution in [-0.2, 0) is 26.5 Å². The molecule has 0 saturated carbocycles. The third-order valence-corrected chi connectivity index (χ3v) is 7.02. The van der Waals surface area contributed by atoms with E-state index >= 15 is 0 Å². The molecule has 1 aliphatic rings. The summed E-state index contributed by atoms with van der Waals surface area (Å²) in [5.74, 6) is 1.24. The van der Waals surface area contributed by atoms with Crippen LogP contribution >= 0.6 is 0 Å². The van der Waals surface area contributed by atoms with Crippen LogP contribution in [0.5, 0.6) is 0 Å². The number of hydrogen-bond acceptors (Lipinski definition) is 8. The second-order valence-corrected chi connectivity index (χ2v) is 10.6. The molecular weight excluding hydrogens is 486 g/mol. The quantitative estimate of drug-likeness (QED) is 0.367. The Kier molecular flexibility index (Phi) is 5.35. The number of aliphatic hydroxyl groups is 1. The summed E-state index contributed by atoms with van der Waals surface area (Å²) in [5, 5.41) is 21.7. The lowest BCUT2D eigenvalue weighted by Crippen LogP contribution is -2.26. The van der Waals surface area contributed by atoms with Crippen LogP contribution in [0.15, 0.2) is 57.1 Å². The van der Waals surface area contributed by atoms with E-state index in [2.05, 4.69) is 34.4 Å². The smallest absolute Gasteiger partial charge is 0.297 e. The van der Waals surface area contributed by atoms with Gasteiger partial charge in [-0.3, -0.25) is 14.0 Å². The molecular formula is C27H27N7O4. The maximum atomic E-state index is 13.6. The Morgan fingerprint density at radius 2 is 1.97 bits per heavy atom. The molecule has 1 aliphatic carbocycles. The van der Waals surface area contributed by atoms with Gasteiger partial charge in [0.15, 0.2) is 11.6 Å². The Morgan fingerprint density at radius 3 is 2.71 bits per heavy atom. The van der Waals surface area contributed by atoms with Crippen LogP contribution < -0.4 is 16.4 Å². The number of hydrogen-bond donors (Lipinski definition) is 2. The summed E-state index contributed by atoms with van der Waals surface area (Å²) in [6, 6.07) is 7.02. The summed E-state index contributed by atoms with van der Waals surface area (Å²) < 4.78 is 9.62. The highest BCUT2D eigenvalue weighted by Gasteiger charge is 2.32. The monoisotopic (exact) mass is 513 g/mol. The van der Waals surface area contributed by atoms with E-state index in [1.54, 1.807) is 50.9 Å². The van der Waals surface area contributed by atoms with Gasteiger partial charge < -0.3 is 19.5 Å². The minimum absolute atomic E-state index is 0.149. The SMILES string of the molecule is Cc1cc(Nc2cc(-c3ccnc(-n4ncn5c6c(cc5c4=O)CC(C)(C)C6)c3CO)cn(C)c2=O)no1. The number of aliphatic hydroxyl groups excluding tert-OH is 1. The number of anilines is 2. The van der Waals surface area contributed by atoms with Crippen LogP contribution in [-0.4, -0.2) is 34.0 Å². The number of pyridine rings is 2. The van der Waals surface area contributed by atoms with Crippen LogP contribution in [0.25, 0.3) is 22.5 Å². The number of aryl methyl sites for hydroxylation is 2. The minimum Gasteiger partial charge on any atom is -0.392 e. The van der Waals surface area contributed by atoms with Crippen molar-refractivity contribution in [1.82, 2.24) is 28.9 Å². The minimum atomic E-state index is -0.391. The van der Waals surface area contributed by atoms with E-state index in [9.17, 15) is 14.7 Å². The molecule has 0 unspecified atom stereocenters. The van der Waals surface area contributed by atoms with Crippen molar-refractivity contribution >= 4 is 17.0 Å². The van der Waals surface area contributed by atoms with Crippen molar-refractivity contribution in [3.8, 4) is 16.9 Å². The van der Waals surface area contributed by atoms with Crippen LogP contribution in [0.3, 0.4) is 0 Å². The van der Waals surface area contributed by atoms with Gasteiger partial charge in [0.25, 0.3) is 11.1 Å². The van der Waals surface area contributed by atoms with E-state index in [1.807, 2.05) is 10.5 Å². The summed E-state index contributed by atoms with van der Waals surface area (Å²) in [6.45, 7) is 5.79. The summed E-state index contributed by atoms with van der Waals surface area (Å²) >= 11 is 0. The molecule has 0 fully saturated rings. The average molecular weight is 514 g/mol. The Hall–Kier alpha value is -4.51. The van der Waals surface area contributed by atoms with Gasteiger partial charge in [-0.05, 0) is 54.5 Å². The van der Waals surface area contributed by atoms with Gasteiger partial charge in [-0.15, -0.1) is 0 Å². The van der Waals surface area contributed by atoms with Crippen molar-refractivity contribution in [3.63, 3.8) is 0 Å². The molecule has 5 heterocycles. The third kappa shape index (κ3) is 3.82. The van der Waals surface area contributed by atoms with E-state index < -0.39 is 6.61 Å². The van der Waals surface area contributed by atoms with Crippen molar-refractivity contribution in [2.45, 2.75) is 40.2 Å². The van der Waals surface area contributed by atoms with Crippen LogP contribution in [0.1, 0.15) is 36.4 Å². The maximum absolute atomic E-state index is 13.6. The van der Waals surface area contributed by atoms with Gasteiger partial charge in [-0.2, -0.15) is 9.78 Å². The van der Waals surface area contributed by atoms with E-state index in [4.69, 9.17) is 4.52 Å². The Bertz CT molecular complexity index is 1840. The molecule has 0 aromatic carbocycles. The fourth-order valence-electron chi connectivity index (χ4n) is 5.32. The average Bonchev–Trinajstić information content (AvgIpc) is 3.53. The predicted molar refractivity (Wildman–Crippen MR) is 141 cm³/mol. The molecule has 0 radical (unpaired) electrons. The fraction of sp³-hybridized carbons (Fsp3) is 0.296. The molecule has 5 aromatic rings. The highest BCUT2D eigenvalue weighted by molar-refractivity contribution is 5.73. The van der Waals surface area contributed by atoms with Crippen molar-refractivity contribution < 1.29 is 9.63 Å². The summed E-state index contributed by atoms with van der Waals surface area (Å²) in [7, 11) is 1.64. The van der Waals surface area contributed by atoms with Gasteiger partial charge in [-0.25, -0.2) is 4.98 Å². The first kappa shape index (κ1) is 23.9. The zero-order valence-electron chi connectivity index (χ0n) is 21.5. The zero-order valence-corrected chi connectivity index (χ0v) is 21.5. The third-order valence-electron chi connectivity index (χ3n) is 7.02. The number of rotatable bonds is 5. The molecule has 5 aromatic heterocycles. The molecule has 0 aliphatic heterocycles. The highest BCUT2D eigenvalue weighted by atomic mass is 16.5. The summed E-state index contributed by atoms with van der Waals surface area (Å²) in [5.41, 5.74) is 4.30. The lowest BCUT2D eigenvalue weighted by Gasteiger charge is -2.17. The van der Waals surface area contributed by atoms with Crippen molar-refractivity contribution in [1.29, 1.82) is 0 Å². The first-order valence-electron chi connectivity index (χ1n) is 12.3. The largest absolute Gasteiger partial charge is 0.392 e. The second kappa shape index (κ2) is 8.52. The molecule has 2 N–H and O–H groups in total. The van der Waals surface area contributed by atoms with E-state index in [-0.39, 0.29) is 28.0 Å². The first-order valence-corrected chi connectivity index (χ1v) is 12.3. The maximum Gasteiger partial charge on any atom is 0.297 e. The van der Waals surface area contributed by atoms with Crippen LogP contribution in [0, 0.1) is 12.3 Å². The van der Waals surface area contributed by atoms with Crippen molar-refractivity contribution in [2.24, 2.45) is 12.5 Å². The normalized spacial score (nSPS) is 14.2. The second-order valence-electron chi connectivity index (χ2n) is 10.6. The van der Waals surface area contributed by atoms with Crippen LogP contribution in [0.4, 0.5) is 11.5 Å². The van der Waals surface area contributed by atoms with Gasteiger partial charge in [0.05, 0.1) is 6.61 Å². The number of nitrogens with one attached hydrogen (secondary N) is 1. The topological polar surface area (TPSA) is 132 Å². The lowest BCUT2D eigenvalue weighted by molar-refractivity contribution is 0.281. The predicted octanol–water partition coefficient (Wildman–Crippen LogP) is 2.90. The molecule has 6 rings (SSSR count). The molecule has 11 nitrogen and oxygen atoms in total. The van der Waals surface area contributed by atoms with Gasteiger partial charge >= 0.3 is 0 Å². The molecule has 0 spiro atoms. The molecule has 11 heteroatoms. The summed E-state index contributed by atoms with van der Waals surface area (Å²) in [4.78, 5) is 30.8. The van der Waals surface area contributed by atoms with E-state index in [1.165, 1.54) is 9.25 Å². The molecule has 0 saturated heterocycles. The number of fused-ring (bicyclic) bond motifs is 3. The molecule has 194 valence electrons. The van der Waals surface area contributed by atoms with Crippen molar-refractivity contribution in [3.05, 3.63) is 86.3 Å². The van der Waals surface area contributed by atoms with E-state index in [0.29, 0.717) is 33.8 Å². The fourth-order valence-corrected chi connectivity index (χ4v) is 5.32. The Morgan fingerprint density at radius 1 is 1.16 bits per heavy atom. The molecule has 0 atom stereocenters. The van der Waals surface area contributed by atoms with E-state index in [0.717, 1.165) is 24.1 Å². The van der Waals surface area contributed by atoms with Gasteiger partial charge in [0.2, 0.25) is 0 Å². The zero-order chi connectivity index (χ0) is 26.8. The Balaban J connectivity index is 1.47. The Labute approximate surface area is 217 Å². The van der Waals surface area contributed by atoms with Gasteiger partial charge in [0, 0.05) is 42.3 Å². The van der Waals surface area contributed by atoms with Crippen LogP contribution in [0.2, 0.25) is 0 Å². The van der Waals surface area contributed by atoms with Gasteiger partial charge in [0.1, 0.15) is 23.3 Å². The molecule has 38 heavy (non-hydrogen) atoms. The molecule has 0 amide bonds. The van der Waals surface area contributed by atoms with Crippen molar-refractivity contribution in [2.75, 3.05) is 5.32 Å². The highest BCUT2D eigenvalue weighted by Crippen LogP contribution is 2.37. The summed E-state index contributed by atoms with van der Waals surface area (Å²) in [6.07, 6.45) is 6.63. The number of aromatic nitrogens is 6. The number of nitrogens with zero attached hydrogens (tertiary/aromatic N) is 6. The molecule has 0 bridgehead atoms. The lowest BCUT2D eigenvalue weighted by atomic mass is 9.90.